The van der Waals surface area contributed by atoms with Crippen LogP contribution in [0.4, 0.5) is 0 Å². The summed E-state index contributed by atoms with van der Waals surface area (Å²) < 4.78 is 1.15. The molecule has 2 heterocycles. The molecular weight excluding hydrogens is 268 g/mol. The molecule has 4 nitrogen and oxygen atoms in total. The third-order valence-corrected chi connectivity index (χ3v) is 3.31. The van der Waals surface area contributed by atoms with Crippen molar-refractivity contribution in [2.24, 2.45) is 0 Å². The molecule has 0 spiro atoms. The molecule has 1 aliphatic heterocycles. The fourth-order valence-corrected chi connectivity index (χ4v) is 2.49. The Morgan fingerprint density at radius 2 is 2.19 bits per heavy atom. The fourth-order valence-electron chi connectivity index (χ4n) is 2.08. The molecule has 0 bridgehead atoms. The molecule has 1 aromatic carbocycles. The second kappa shape index (κ2) is 3.99. The monoisotopic (exact) mass is 278 g/mol. The van der Waals surface area contributed by atoms with Crippen LogP contribution in [-0.4, -0.2) is 20.3 Å². The molecule has 16 heavy (non-hydrogen) atoms. The van der Waals surface area contributed by atoms with Gasteiger partial charge >= 0.3 is 0 Å². The minimum absolute atomic E-state index is 0.874. The lowest BCUT2D eigenvalue weighted by Gasteiger charge is -2.12. The van der Waals surface area contributed by atoms with Crippen molar-refractivity contribution in [3.8, 4) is 0 Å². The lowest BCUT2D eigenvalue weighted by atomic mass is 10.1. The van der Waals surface area contributed by atoms with Crippen molar-refractivity contribution < 1.29 is 0 Å². The number of benzene rings is 1. The molecule has 1 aromatic heterocycles. The molecule has 0 saturated heterocycles. The Balaban J connectivity index is 1.75. The van der Waals surface area contributed by atoms with Crippen LogP contribution in [-0.2, 0) is 19.6 Å². The molecule has 0 saturated carbocycles. The van der Waals surface area contributed by atoms with Crippen LogP contribution in [0.3, 0.4) is 0 Å². The lowest BCUT2D eigenvalue weighted by molar-refractivity contribution is 0.272. The van der Waals surface area contributed by atoms with Crippen LogP contribution in [0, 0.1) is 0 Å². The van der Waals surface area contributed by atoms with Crippen molar-refractivity contribution in [2.75, 3.05) is 0 Å². The maximum atomic E-state index is 3.79. The van der Waals surface area contributed by atoms with E-state index in [1.807, 2.05) is 0 Å². The van der Waals surface area contributed by atoms with Crippen molar-refractivity contribution in [3.05, 3.63) is 45.7 Å². The predicted molar refractivity (Wildman–Crippen MR) is 63.5 cm³/mol. The van der Waals surface area contributed by atoms with Gasteiger partial charge in [0.25, 0.3) is 0 Å². The molecule has 0 amide bonds. The van der Waals surface area contributed by atoms with Crippen molar-refractivity contribution in [2.45, 2.75) is 19.6 Å². The van der Waals surface area contributed by atoms with Gasteiger partial charge in [-0.15, -0.1) is 5.10 Å². The van der Waals surface area contributed by atoms with Crippen LogP contribution in [0.15, 0.2) is 28.9 Å². The summed E-state index contributed by atoms with van der Waals surface area (Å²) in [6, 6.07) is 6.48. The molecular formula is C11H11BrN4. The van der Waals surface area contributed by atoms with Gasteiger partial charge in [-0.25, -0.2) is 0 Å². The van der Waals surface area contributed by atoms with Gasteiger partial charge in [0.05, 0.1) is 11.9 Å². The zero-order valence-corrected chi connectivity index (χ0v) is 10.2. The van der Waals surface area contributed by atoms with E-state index in [2.05, 4.69) is 54.4 Å². The van der Waals surface area contributed by atoms with Gasteiger partial charge in [-0.05, 0) is 23.3 Å². The lowest BCUT2D eigenvalue weighted by Crippen LogP contribution is -2.15. The Labute approximate surface area is 102 Å². The Kier molecular flexibility index (Phi) is 2.49. The first-order valence-electron chi connectivity index (χ1n) is 5.16. The molecule has 3 rings (SSSR count). The summed E-state index contributed by atoms with van der Waals surface area (Å²) in [6.45, 7) is 2.87. The summed E-state index contributed by atoms with van der Waals surface area (Å²) in [6.07, 6.45) is 1.78. The highest BCUT2D eigenvalue weighted by Crippen LogP contribution is 2.26. The minimum Gasteiger partial charge on any atom is -0.289 e. The number of halogens is 1. The quantitative estimate of drug-likeness (QED) is 0.915. The zero-order chi connectivity index (χ0) is 11.0. The van der Waals surface area contributed by atoms with Crippen molar-refractivity contribution in [1.82, 2.24) is 20.3 Å². The molecule has 2 aromatic rings. The predicted octanol–water partition coefficient (Wildman–Crippen LogP) is 2.08. The second-order valence-corrected chi connectivity index (χ2v) is 4.96. The van der Waals surface area contributed by atoms with E-state index in [4.69, 9.17) is 0 Å². The summed E-state index contributed by atoms with van der Waals surface area (Å²) >= 11 is 3.50. The second-order valence-electron chi connectivity index (χ2n) is 4.04. The number of aromatic nitrogens is 3. The largest absolute Gasteiger partial charge is 0.289 e. The number of fused-ring (bicyclic) bond motifs is 1. The Morgan fingerprint density at radius 1 is 1.31 bits per heavy atom. The van der Waals surface area contributed by atoms with E-state index in [0.29, 0.717) is 0 Å². The summed E-state index contributed by atoms with van der Waals surface area (Å²) in [7, 11) is 0. The van der Waals surface area contributed by atoms with Crippen LogP contribution >= 0.6 is 15.9 Å². The first kappa shape index (κ1) is 9.99. The summed E-state index contributed by atoms with van der Waals surface area (Å²) in [5.74, 6) is 0. The van der Waals surface area contributed by atoms with E-state index in [-0.39, 0.29) is 0 Å². The Morgan fingerprint density at radius 3 is 3.00 bits per heavy atom. The van der Waals surface area contributed by atoms with E-state index in [1.165, 1.54) is 11.1 Å². The smallest absolute Gasteiger partial charge is 0.0735 e. The Bertz CT molecular complexity index is 495. The van der Waals surface area contributed by atoms with E-state index >= 15 is 0 Å². The van der Waals surface area contributed by atoms with Crippen molar-refractivity contribution in [3.63, 3.8) is 0 Å². The highest BCUT2D eigenvalue weighted by molar-refractivity contribution is 9.10. The van der Waals surface area contributed by atoms with Gasteiger partial charge in [-0.1, -0.05) is 27.2 Å². The number of hydrogen-bond acceptors (Lipinski definition) is 3. The maximum Gasteiger partial charge on any atom is 0.0735 e. The average Bonchev–Trinajstić information content (AvgIpc) is 2.86. The zero-order valence-electron chi connectivity index (χ0n) is 8.65. The molecule has 0 radical (unpaired) electrons. The highest BCUT2D eigenvalue weighted by Gasteiger charge is 2.19. The van der Waals surface area contributed by atoms with Gasteiger partial charge in [-0.3, -0.25) is 10.00 Å². The number of aromatic amines is 1. The first-order valence-corrected chi connectivity index (χ1v) is 5.95. The summed E-state index contributed by atoms with van der Waals surface area (Å²) in [4.78, 5) is 2.37. The number of H-pyrrole nitrogens is 1. The SMILES string of the molecule is Brc1ccc2c(c1)CN(Cc1cnn[nH]1)C2. The van der Waals surface area contributed by atoms with E-state index in [9.17, 15) is 0 Å². The average molecular weight is 279 g/mol. The molecule has 1 N–H and O–H groups in total. The minimum atomic E-state index is 0.874. The number of hydrogen-bond donors (Lipinski definition) is 1. The van der Waals surface area contributed by atoms with Crippen molar-refractivity contribution >= 4 is 15.9 Å². The maximum absolute atomic E-state index is 3.79. The topological polar surface area (TPSA) is 44.8 Å². The van der Waals surface area contributed by atoms with Crippen LogP contribution in [0.1, 0.15) is 16.8 Å². The van der Waals surface area contributed by atoms with Crippen LogP contribution in [0.5, 0.6) is 0 Å². The highest BCUT2D eigenvalue weighted by atomic mass is 79.9. The molecule has 0 unspecified atom stereocenters. The van der Waals surface area contributed by atoms with Crippen molar-refractivity contribution in [1.29, 1.82) is 0 Å². The van der Waals surface area contributed by atoms with Gasteiger partial charge in [-0.2, -0.15) is 0 Å². The molecule has 5 heteroatoms. The normalized spacial score (nSPS) is 15.3. The van der Waals surface area contributed by atoms with Crippen LogP contribution in [0.2, 0.25) is 0 Å². The molecule has 1 aliphatic rings. The van der Waals surface area contributed by atoms with E-state index < -0.39 is 0 Å². The van der Waals surface area contributed by atoms with Crippen LogP contribution in [0.25, 0.3) is 0 Å². The van der Waals surface area contributed by atoms with Gasteiger partial charge in [0, 0.05) is 24.1 Å². The number of nitrogens with one attached hydrogen (secondary N) is 1. The Hall–Kier alpha value is -1.20. The van der Waals surface area contributed by atoms with Gasteiger partial charge in [0.2, 0.25) is 0 Å². The summed E-state index contributed by atoms with van der Waals surface area (Å²) in [5, 5.41) is 10.4. The van der Waals surface area contributed by atoms with E-state index in [0.717, 1.165) is 29.8 Å². The number of rotatable bonds is 2. The fraction of sp³-hybridized carbons (Fsp3) is 0.273. The van der Waals surface area contributed by atoms with Gasteiger partial charge in [0.15, 0.2) is 0 Å². The van der Waals surface area contributed by atoms with E-state index in [1.54, 1.807) is 6.20 Å². The third-order valence-electron chi connectivity index (χ3n) is 2.82. The first-order chi connectivity index (χ1) is 7.81. The number of nitrogens with zero attached hydrogens (tertiary/aromatic N) is 3. The van der Waals surface area contributed by atoms with Gasteiger partial charge < -0.3 is 0 Å². The standard InChI is InChI=1S/C11H11BrN4/c12-10-2-1-8-5-16(6-9(8)3-10)7-11-4-13-15-14-11/h1-4H,5-7H2,(H,13,14,15). The molecule has 82 valence electrons. The van der Waals surface area contributed by atoms with Crippen LogP contribution < -0.4 is 0 Å². The molecule has 0 fully saturated rings. The van der Waals surface area contributed by atoms with Gasteiger partial charge in [0.1, 0.15) is 0 Å². The molecule has 0 aliphatic carbocycles. The molecule has 0 atom stereocenters. The third kappa shape index (κ3) is 1.88. The summed E-state index contributed by atoms with van der Waals surface area (Å²) in [5.41, 5.74) is 3.88.